The summed E-state index contributed by atoms with van der Waals surface area (Å²) in [7, 11) is 0. The van der Waals surface area contributed by atoms with Crippen molar-refractivity contribution in [2.45, 2.75) is 19.9 Å². The van der Waals surface area contributed by atoms with Crippen LogP contribution < -0.4 is 10.6 Å². The highest BCUT2D eigenvalue weighted by Gasteiger charge is 2.02. The quantitative estimate of drug-likeness (QED) is 0.527. The lowest BCUT2D eigenvalue weighted by atomic mass is 10.2. The number of pyridine rings is 1. The van der Waals surface area contributed by atoms with E-state index >= 15 is 0 Å². The molecule has 0 spiro atoms. The third-order valence-electron chi connectivity index (χ3n) is 3.74. The van der Waals surface area contributed by atoms with Gasteiger partial charge in [0.1, 0.15) is 5.65 Å². The summed E-state index contributed by atoms with van der Waals surface area (Å²) in [5, 5.41) is 7.35. The third kappa shape index (κ3) is 4.97. The van der Waals surface area contributed by atoms with E-state index in [0.29, 0.717) is 6.54 Å². The zero-order valence-electron chi connectivity index (χ0n) is 14.2. The molecule has 1 aromatic carbocycles. The highest BCUT2D eigenvalue weighted by Crippen LogP contribution is 2.11. The molecular weight excluding hydrogens is 334 g/mol. The Hall–Kier alpha value is -2.53. The van der Waals surface area contributed by atoms with Gasteiger partial charge in [0.25, 0.3) is 0 Å². The highest BCUT2D eigenvalue weighted by atomic mass is 35.5. The van der Waals surface area contributed by atoms with Crippen LogP contribution in [0.1, 0.15) is 18.2 Å². The van der Waals surface area contributed by atoms with Crippen LogP contribution in [0.4, 0.5) is 0 Å². The molecular formula is C19H22ClN5. The van der Waals surface area contributed by atoms with E-state index in [1.807, 2.05) is 53.1 Å². The largest absolute Gasteiger partial charge is 0.357 e. The van der Waals surface area contributed by atoms with Crippen LogP contribution >= 0.6 is 11.6 Å². The summed E-state index contributed by atoms with van der Waals surface area (Å²) in [6.07, 6.45) is 4.91. The first kappa shape index (κ1) is 17.3. The Labute approximate surface area is 152 Å². The van der Waals surface area contributed by atoms with E-state index in [4.69, 9.17) is 11.6 Å². The monoisotopic (exact) mass is 355 g/mol. The van der Waals surface area contributed by atoms with Gasteiger partial charge in [-0.15, -0.1) is 0 Å². The summed E-state index contributed by atoms with van der Waals surface area (Å²) in [5.41, 5.74) is 3.12. The maximum Gasteiger partial charge on any atom is 0.191 e. The van der Waals surface area contributed by atoms with Crippen molar-refractivity contribution in [3.05, 3.63) is 71.1 Å². The van der Waals surface area contributed by atoms with Crippen molar-refractivity contribution >= 4 is 23.2 Å². The van der Waals surface area contributed by atoms with Gasteiger partial charge < -0.3 is 15.0 Å². The minimum atomic E-state index is 0.588. The Morgan fingerprint density at radius 3 is 2.92 bits per heavy atom. The van der Waals surface area contributed by atoms with Crippen LogP contribution in [0.2, 0.25) is 5.02 Å². The maximum atomic E-state index is 6.02. The van der Waals surface area contributed by atoms with Crippen LogP contribution in [0, 0.1) is 0 Å². The Kier molecular flexibility index (Phi) is 5.90. The van der Waals surface area contributed by atoms with Crippen LogP contribution in [0.3, 0.4) is 0 Å². The topological polar surface area (TPSA) is 53.7 Å². The average molecular weight is 356 g/mol. The van der Waals surface area contributed by atoms with Gasteiger partial charge in [-0.25, -0.2) is 9.98 Å². The number of halogens is 1. The molecule has 0 atom stereocenters. The fourth-order valence-electron chi connectivity index (χ4n) is 2.56. The second-order valence-electron chi connectivity index (χ2n) is 5.70. The smallest absolute Gasteiger partial charge is 0.191 e. The lowest BCUT2D eigenvalue weighted by Crippen LogP contribution is -2.38. The standard InChI is InChI=1S/C19H22ClN5/c1-2-21-19(23-13-15-6-5-7-16(20)12-15)22-10-9-17-14-25-11-4-3-8-18(25)24-17/h3-8,11-12,14H,2,9-10,13H2,1H3,(H2,21,22,23). The molecule has 0 unspecified atom stereocenters. The van der Waals surface area contributed by atoms with E-state index < -0.39 is 0 Å². The second kappa shape index (κ2) is 8.53. The van der Waals surface area contributed by atoms with Crippen LogP contribution in [0.5, 0.6) is 0 Å². The zero-order valence-corrected chi connectivity index (χ0v) is 15.0. The van der Waals surface area contributed by atoms with Gasteiger partial charge in [-0.05, 0) is 36.8 Å². The lowest BCUT2D eigenvalue weighted by molar-refractivity contribution is 0.791. The number of nitrogens with zero attached hydrogens (tertiary/aromatic N) is 3. The number of imidazole rings is 1. The van der Waals surface area contributed by atoms with Gasteiger partial charge in [-0.1, -0.05) is 29.8 Å². The van der Waals surface area contributed by atoms with Crippen LogP contribution in [0.25, 0.3) is 5.65 Å². The Balaban J connectivity index is 1.56. The van der Waals surface area contributed by atoms with Gasteiger partial charge in [-0.3, -0.25) is 0 Å². The first-order chi connectivity index (χ1) is 12.2. The number of nitrogens with one attached hydrogen (secondary N) is 2. The molecule has 0 aliphatic heterocycles. The van der Waals surface area contributed by atoms with E-state index in [2.05, 4.69) is 33.7 Å². The van der Waals surface area contributed by atoms with Gasteiger partial charge in [0.2, 0.25) is 0 Å². The highest BCUT2D eigenvalue weighted by molar-refractivity contribution is 6.30. The van der Waals surface area contributed by atoms with Crippen molar-refractivity contribution < 1.29 is 0 Å². The van der Waals surface area contributed by atoms with Gasteiger partial charge in [-0.2, -0.15) is 0 Å². The molecule has 0 bridgehead atoms. The van der Waals surface area contributed by atoms with Crippen molar-refractivity contribution in [1.29, 1.82) is 0 Å². The molecule has 3 aromatic rings. The SMILES string of the molecule is CCNC(=NCc1cccc(Cl)c1)NCCc1cn2ccccc2n1. The van der Waals surface area contributed by atoms with E-state index in [1.54, 1.807) is 0 Å². The molecule has 25 heavy (non-hydrogen) atoms. The summed E-state index contributed by atoms with van der Waals surface area (Å²) in [4.78, 5) is 9.22. The molecule has 2 N–H and O–H groups in total. The number of guanidine groups is 1. The van der Waals surface area contributed by atoms with Gasteiger partial charge in [0.15, 0.2) is 5.96 Å². The second-order valence-corrected chi connectivity index (χ2v) is 6.14. The first-order valence-corrected chi connectivity index (χ1v) is 8.81. The zero-order chi connectivity index (χ0) is 17.5. The molecule has 2 aromatic heterocycles. The van der Waals surface area contributed by atoms with Crippen molar-refractivity contribution in [3.63, 3.8) is 0 Å². The van der Waals surface area contributed by atoms with Gasteiger partial charge in [0, 0.05) is 36.9 Å². The molecule has 0 saturated heterocycles. The van der Waals surface area contributed by atoms with Crippen LogP contribution in [-0.2, 0) is 13.0 Å². The van der Waals surface area contributed by atoms with E-state index in [0.717, 1.165) is 47.4 Å². The number of aliphatic imine (C=N–C) groups is 1. The number of hydrogen-bond donors (Lipinski definition) is 2. The van der Waals surface area contributed by atoms with Gasteiger partial charge in [0.05, 0.1) is 12.2 Å². The minimum absolute atomic E-state index is 0.588. The lowest BCUT2D eigenvalue weighted by Gasteiger charge is -2.10. The molecule has 3 rings (SSSR count). The van der Waals surface area contributed by atoms with E-state index in [-0.39, 0.29) is 0 Å². The summed E-state index contributed by atoms with van der Waals surface area (Å²) in [6, 6.07) is 13.8. The van der Waals surface area contributed by atoms with Crippen molar-refractivity contribution in [2.24, 2.45) is 4.99 Å². The number of fused-ring (bicyclic) bond motifs is 1. The minimum Gasteiger partial charge on any atom is -0.357 e. The predicted octanol–water partition coefficient (Wildman–Crippen LogP) is 3.29. The Morgan fingerprint density at radius 2 is 2.12 bits per heavy atom. The number of hydrogen-bond acceptors (Lipinski definition) is 2. The average Bonchev–Trinajstić information content (AvgIpc) is 3.02. The van der Waals surface area contributed by atoms with E-state index in [9.17, 15) is 0 Å². The van der Waals surface area contributed by atoms with Crippen molar-refractivity contribution in [2.75, 3.05) is 13.1 Å². The summed E-state index contributed by atoms with van der Waals surface area (Å²) < 4.78 is 2.04. The first-order valence-electron chi connectivity index (χ1n) is 8.44. The molecule has 0 aliphatic rings. The molecule has 2 heterocycles. The summed E-state index contributed by atoms with van der Waals surface area (Å²) in [6.45, 7) is 4.23. The predicted molar refractivity (Wildman–Crippen MR) is 103 cm³/mol. The molecule has 130 valence electrons. The molecule has 0 radical (unpaired) electrons. The van der Waals surface area contributed by atoms with Crippen molar-refractivity contribution in [3.8, 4) is 0 Å². The number of rotatable bonds is 6. The molecule has 0 saturated carbocycles. The fourth-order valence-corrected chi connectivity index (χ4v) is 2.78. The van der Waals surface area contributed by atoms with Crippen LogP contribution in [-0.4, -0.2) is 28.4 Å². The fraction of sp³-hybridized carbons (Fsp3) is 0.263. The maximum absolute atomic E-state index is 6.02. The molecule has 0 amide bonds. The molecule has 0 aliphatic carbocycles. The summed E-state index contributed by atoms with van der Waals surface area (Å²) in [5.74, 6) is 0.797. The Morgan fingerprint density at radius 1 is 1.20 bits per heavy atom. The molecule has 0 fully saturated rings. The Bertz CT molecular complexity index is 823. The third-order valence-corrected chi connectivity index (χ3v) is 3.98. The van der Waals surface area contributed by atoms with Gasteiger partial charge >= 0.3 is 0 Å². The summed E-state index contributed by atoms with van der Waals surface area (Å²) >= 11 is 6.02. The molecule has 6 heteroatoms. The number of benzene rings is 1. The van der Waals surface area contributed by atoms with E-state index in [1.165, 1.54) is 0 Å². The van der Waals surface area contributed by atoms with Crippen LogP contribution in [0.15, 0.2) is 59.9 Å². The number of aromatic nitrogens is 2. The normalized spacial score (nSPS) is 11.7. The molecule has 5 nitrogen and oxygen atoms in total. The van der Waals surface area contributed by atoms with Crippen molar-refractivity contribution in [1.82, 2.24) is 20.0 Å².